The van der Waals surface area contributed by atoms with E-state index in [9.17, 15) is 14.0 Å². The molecule has 0 aliphatic carbocycles. The molecule has 0 aromatic heterocycles. The normalized spacial score (nSPS) is 14.7. The van der Waals surface area contributed by atoms with Crippen LogP contribution in [0.4, 0.5) is 15.8 Å². The van der Waals surface area contributed by atoms with Crippen LogP contribution < -0.4 is 15.0 Å². The van der Waals surface area contributed by atoms with Gasteiger partial charge in [0.2, 0.25) is 0 Å². The number of hydrogen-bond donors (Lipinski definition) is 1. The van der Waals surface area contributed by atoms with E-state index >= 15 is 0 Å². The molecule has 0 radical (unpaired) electrons. The average Bonchev–Trinajstić information content (AvgIpc) is 3.09. The lowest BCUT2D eigenvalue weighted by Gasteiger charge is -2.16. The summed E-state index contributed by atoms with van der Waals surface area (Å²) in [5, 5.41) is 3.23. The Morgan fingerprint density at radius 2 is 1.89 bits per heavy atom. The number of halogens is 2. The van der Waals surface area contributed by atoms with E-state index in [1.165, 1.54) is 29.2 Å². The number of thiocarbonyl (C=S) groups is 1. The number of amides is 2. The zero-order valence-corrected chi connectivity index (χ0v) is 21.1. The maximum atomic E-state index is 13.3. The standard InChI is InChI=1S/C26H20ClFN2O3S2/c1-15(2)33-22-11-6-18(27)12-17(22)14-23-25(32)30(26(34)35-23)21-5-3-4-16(13-21)24(31)29-20-9-7-19(28)8-10-20/h3-15H,1-2H3,(H,29,31)/b23-14+. The summed E-state index contributed by atoms with van der Waals surface area (Å²) in [7, 11) is 0. The van der Waals surface area contributed by atoms with Gasteiger partial charge in [-0.15, -0.1) is 0 Å². The fourth-order valence-electron chi connectivity index (χ4n) is 3.35. The highest BCUT2D eigenvalue weighted by atomic mass is 35.5. The average molecular weight is 527 g/mol. The molecule has 0 unspecified atom stereocenters. The Labute approximate surface area is 216 Å². The third kappa shape index (κ3) is 5.90. The SMILES string of the molecule is CC(C)Oc1ccc(Cl)cc1/C=C1/SC(=S)N(c2cccc(C(=O)Nc3ccc(F)cc3)c2)C1=O. The molecule has 1 aliphatic rings. The molecule has 0 spiro atoms. The summed E-state index contributed by atoms with van der Waals surface area (Å²) < 4.78 is 19.3. The highest BCUT2D eigenvalue weighted by Gasteiger charge is 2.34. The molecule has 2 amide bonds. The molecule has 1 fully saturated rings. The maximum absolute atomic E-state index is 13.3. The lowest BCUT2D eigenvalue weighted by Crippen LogP contribution is -2.27. The summed E-state index contributed by atoms with van der Waals surface area (Å²) in [4.78, 5) is 27.8. The van der Waals surface area contributed by atoms with Crippen LogP contribution in [0.5, 0.6) is 5.75 Å². The van der Waals surface area contributed by atoms with Crippen molar-refractivity contribution in [2.24, 2.45) is 0 Å². The van der Waals surface area contributed by atoms with Gasteiger partial charge in [-0.2, -0.15) is 0 Å². The zero-order valence-electron chi connectivity index (χ0n) is 18.7. The van der Waals surface area contributed by atoms with Crippen molar-refractivity contribution in [1.29, 1.82) is 0 Å². The first kappa shape index (κ1) is 24.9. The summed E-state index contributed by atoms with van der Waals surface area (Å²) in [5.41, 5.74) is 1.91. The Bertz CT molecular complexity index is 1340. The second-order valence-electron chi connectivity index (χ2n) is 7.88. The van der Waals surface area contributed by atoms with Gasteiger partial charge in [0, 0.05) is 21.8 Å². The topological polar surface area (TPSA) is 58.6 Å². The molecule has 3 aromatic carbocycles. The fourth-order valence-corrected chi connectivity index (χ4v) is 4.82. The van der Waals surface area contributed by atoms with Gasteiger partial charge in [-0.25, -0.2) is 4.39 Å². The Balaban J connectivity index is 1.59. The summed E-state index contributed by atoms with van der Waals surface area (Å²) >= 11 is 12.8. The highest BCUT2D eigenvalue weighted by molar-refractivity contribution is 8.27. The second-order valence-corrected chi connectivity index (χ2v) is 9.99. The third-order valence-corrected chi connectivity index (χ3v) is 6.42. The van der Waals surface area contributed by atoms with E-state index in [0.29, 0.717) is 42.5 Å². The molecule has 4 rings (SSSR count). The molecule has 0 bridgehead atoms. The van der Waals surface area contributed by atoms with Gasteiger partial charge in [0.1, 0.15) is 11.6 Å². The summed E-state index contributed by atoms with van der Waals surface area (Å²) in [5.74, 6) is -0.498. The molecule has 178 valence electrons. The predicted octanol–water partition coefficient (Wildman–Crippen LogP) is 6.92. The molecule has 0 atom stereocenters. The van der Waals surface area contributed by atoms with E-state index in [-0.39, 0.29) is 12.0 Å². The Morgan fingerprint density at radius 1 is 1.14 bits per heavy atom. The molecule has 35 heavy (non-hydrogen) atoms. The molecular weight excluding hydrogens is 507 g/mol. The monoisotopic (exact) mass is 526 g/mol. The van der Waals surface area contributed by atoms with Crippen molar-refractivity contribution in [1.82, 2.24) is 0 Å². The minimum atomic E-state index is -0.395. The van der Waals surface area contributed by atoms with Gasteiger partial charge < -0.3 is 10.1 Å². The van der Waals surface area contributed by atoms with Crippen molar-refractivity contribution in [3.05, 3.63) is 93.6 Å². The lowest BCUT2D eigenvalue weighted by atomic mass is 10.1. The quantitative estimate of drug-likeness (QED) is 0.279. The van der Waals surface area contributed by atoms with E-state index < -0.39 is 11.7 Å². The van der Waals surface area contributed by atoms with Crippen LogP contribution in [-0.2, 0) is 4.79 Å². The number of carbonyl (C=O) groups excluding carboxylic acids is 2. The lowest BCUT2D eigenvalue weighted by molar-refractivity contribution is -0.113. The van der Waals surface area contributed by atoms with Crippen molar-refractivity contribution in [2.45, 2.75) is 20.0 Å². The van der Waals surface area contributed by atoms with Gasteiger partial charge in [0.25, 0.3) is 11.8 Å². The van der Waals surface area contributed by atoms with Crippen molar-refractivity contribution < 1.29 is 18.7 Å². The molecule has 1 aliphatic heterocycles. The van der Waals surface area contributed by atoms with Crippen LogP contribution in [-0.4, -0.2) is 22.2 Å². The van der Waals surface area contributed by atoms with E-state index in [2.05, 4.69) is 5.32 Å². The third-order valence-electron chi connectivity index (χ3n) is 4.88. The van der Waals surface area contributed by atoms with Crippen LogP contribution in [0.2, 0.25) is 5.02 Å². The van der Waals surface area contributed by atoms with Crippen LogP contribution in [0.1, 0.15) is 29.8 Å². The number of hydrogen-bond acceptors (Lipinski definition) is 5. The van der Waals surface area contributed by atoms with Crippen molar-refractivity contribution in [3.63, 3.8) is 0 Å². The van der Waals surface area contributed by atoms with Crippen LogP contribution >= 0.6 is 35.6 Å². The van der Waals surface area contributed by atoms with E-state index in [0.717, 1.165) is 11.8 Å². The summed E-state index contributed by atoms with van der Waals surface area (Å²) in [6.45, 7) is 3.83. The van der Waals surface area contributed by atoms with Crippen molar-refractivity contribution >= 4 is 69.2 Å². The van der Waals surface area contributed by atoms with Crippen molar-refractivity contribution in [3.8, 4) is 5.75 Å². The molecular formula is C26H20ClFN2O3S2. The Hall–Kier alpha value is -3.20. The van der Waals surface area contributed by atoms with E-state index in [1.807, 2.05) is 13.8 Å². The first-order valence-electron chi connectivity index (χ1n) is 10.6. The van der Waals surface area contributed by atoms with Gasteiger partial charge in [0.15, 0.2) is 4.32 Å². The van der Waals surface area contributed by atoms with Gasteiger partial charge in [-0.3, -0.25) is 14.5 Å². The fraction of sp³-hybridized carbons (Fsp3) is 0.115. The largest absolute Gasteiger partial charge is 0.490 e. The smallest absolute Gasteiger partial charge is 0.270 e. The number of benzene rings is 3. The molecule has 0 saturated carbocycles. The molecule has 5 nitrogen and oxygen atoms in total. The number of nitrogens with zero attached hydrogens (tertiary/aromatic N) is 1. The van der Waals surface area contributed by atoms with E-state index in [1.54, 1.807) is 48.5 Å². The minimum Gasteiger partial charge on any atom is -0.490 e. The zero-order chi connectivity index (χ0) is 25.1. The van der Waals surface area contributed by atoms with Crippen LogP contribution in [0.25, 0.3) is 6.08 Å². The number of rotatable bonds is 6. The molecule has 1 N–H and O–H groups in total. The Morgan fingerprint density at radius 3 is 2.60 bits per heavy atom. The van der Waals surface area contributed by atoms with Gasteiger partial charge >= 0.3 is 0 Å². The van der Waals surface area contributed by atoms with E-state index in [4.69, 9.17) is 28.6 Å². The number of thioether (sulfide) groups is 1. The minimum absolute atomic E-state index is 0.0540. The van der Waals surface area contributed by atoms with Crippen molar-refractivity contribution in [2.75, 3.05) is 10.2 Å². The number of ether oxygens (including phenoxy) is 1. The maximum Gasteiger partial charge on any atom is 0.270 e. The van der Waals surface area contributed by atoms with Crippen LogP contribution in [0.3, 0.4) is 0 Å². The molecule has 1 heterocycles. The van der Waals surface area contributed by atoms with Crippen LogP contribution in [0, 0.1) is 5.82 Å². The summed E-state index contributed by atoms with van der Waals surface area (Å²) in [6.07, 6.45) is 1.65. The van der Waals surface area contributed by atoms with Gasteiger partial charge in [-0.05, 0) is 80.6 Å². The number of anilines is 2. The van der Waals surface area contributed by atoms with Gasteiger partial charge in [-0.1, -0.05) is 41.6 Å². The highest BCUT2D eigenvalue weighted by Crippen LogP contribution is 2.38. The predicted molar refractivity (Wildman–Crippen MR) is 144 cm³/mol. The van der Waals surface area contributed by atoms with Gasteiger partial charge in [0.05, 0.1) is 16.7 Å². The number of nitrogens with one attached hydrogen (secondary N) is 1. The second kappa shape index (κ2) is 10.6. The first-order chi connectivity index (χ1) is 16.7. The molecule has 9 heteroatoms. The number of carbonyl (C=O) groups is 2. The summed E-state index contributed by atoms with van der Waals surface area (Å²) in [6, 6.07) is 17.3. The molecule has 3 aromatic rings. The van der Waals surface area contributed by atoms with Crippen LogP contribution in [0.15, 0.2) is 71.6 Å². The first-order valence-corrected chi connectivity index (χ1v) is 12.2. The Kier molecular flexibility index (Phi) is 7.54. The molecule has 1 saturated heterocycles.